The first-order chi connectivity index (χ1) is 18.6. The molecule has 4 heterocycles. The molecule has 7 heteroatoms. The summed E-state index contributed by atoms with van der Waals surface area (Å²) in [5.74, 6) is -0.813. The summed E-state index contributed by atoms with van der Waals surface area (Å²) >= 11 is 0. The summed E-state index contributed by atoms with van der Waals surface area (Å²) in [5.41, 5.74) is 2.88. The number of carbonyl (C=O) groups excluding carboxylic acids is 1. The van der Waals surface area contributed by atoms with Gasteiger partial charge in [0.1, 0.15) is 6.10 Å². The molecule has 2 N–H and O–H groups in total. The fraction of sp³-hybridized carbons (Fsp3) is 0.594. The third-order valence-electron chi connectivity index (χ3n) is 8.79. The lowest BCUT2D eigenvalue weighted by molar-refractivity contribution is -0.334. The normalized spacial score (nSPS) is 36.4. The van der Waals surface area contributed by atoms with Crippen LogP contribution in [0.5, 0.6) is 5.75 Å². The van der Waals surface area contributed by atoms with Crippen molar-refractivity contribution >= 4 is 23.0 Å². The van der Waals surface area contributed by atoms with Crippen LogP contribution in [0.15, 0.2) is 34.5 Å². The number of aliphatic hydroxyl groups excluding tert-OH is 1. The third-order valence-corrected chi connectivity index (χ3v) is 8.79. The second-order valence-corrected chi connectivity index (χ2v) is 12.0. The number of fused-ring (bicyclic) bond motifs is 2. The SMILES string of the molecule is CC[C@H]1O[C@]2(CC[C@@H]1C)C[C@@H]1C[C@@H](C/C=C(/C)C[C@@H](C)[C@H](O)/C=C\c3coc4c(O)c(C)cc(c34)C(=O)O1)O2. The molecule has 3 aliphatic rings. The van der Waals surface area contributed by atoms with E-state index in [1.807, 2.05) is 6.92 Å². The molecule has 1 spiro atoms. The molecule has 0 aliphatic carbocycles. The van der Waals surface area contributed by atoms with Gasteiger partial charge in [0.05, 0.1) is 30.1 Å². The predicted octanol–water partition coefficient (Wildman–Crippen LogP) is 6.82. The van der Waals surface area contributed by atoms with Crippen molar-refractivity contribution < 1.29 is 33.6 Å². The molecule has 2 saturated heterocycles. The van der Waals surface area contributed by atoms with Gasteiger partial charge in [0.2, 0.25) is 0 Å². The lowest BCUT2D eigenvalue weighted by Gasteiger charge is -2.49. The first-order valence-electron chi connectivity index (χ1n) is 14.4. The molecule has 3 aliphatic heterocycles. The van der Waals surface area contributed by atoms with E-state index in [1.165, 1.54) is 11.8 Å². The standard InChI is InChI=1S/C32H42O7/c1-6-27-19(3)11-12-32(39-27)16-24-15-23(38-32)9-7-18(2)13-20(4)26(33)10-8-22-17-36-30-28(22)25(31(35)37-24)14-21(5)29(30)34/h7-8,10,14,17,19-20,23-24,26-27,33-34H,6,9,11-13,15-16H2,1-5H3/b10-8-,18-7-/t19-,20+,23+,24-,26+,27+,32+/m0/s1. The summed E-state index contributed by atoms with van der Waals surface area (Å²) in [6.45, 7) is 10.2. The number of ether oxygens (including phenoxy) is 3. The Kier molecular flexibility index (Phi) is 7.96. The largest absolute Gasteiger partial charge is 0.504 e. The number of hydrogen-bond acceptors (Lipinski definition) is 7. The third kappa shape index (κ3) is 5.67. The van der Waals surface area contributed by atoms with E-state index in [1.54, 1.807) is 25.1 Å². The maximum atomic E-state index is 13.7. The van der Waals surface area contributed by atoms with E-state index >= 15 is 0 Å². The molecule has 2 aromatic rings. The van der Waals surface area contributed by atoms with Crippen molar-refractivity contribution in [1.82, 2.24) is 0 Å². The molecule has 7 atom stereocenters. The van der Waals surface area contributed by atoms with E-state index in [9.17, 15) is 15.0 Å². The molecule has 0 radical (unpaired) electrons. The van der Waals surface area contributed by atoms with Crippen LogP contribution in [-0.4, -0.2) is 46.4 Å². The molecule has 0 saturated carbocycles. The Hall–Kier alpha value is -2.61. The number of aryl methyl sites for hydroxylation is 1. The average Bonchev–Trinajstić information content (AvgIpc) is 3.33. The van der Waals surface area contributed by atoms with Crippen LogP contribution in [0, 0.1) is 18.8 Å². The summed E-state index contributed by atoms with van der Waals surface area (Å²) in [5, 5.41) is 22.0. The number of esters is 1. The van der Waals surface area contributed by atoms with Crippen molar-refractivity contribution in [3.05, 3.63) is 46.7 Å². The Bertz CT molecular complexity index is 1270. The molecule has 5 rings (SSSR count). The van der Waals surface area contributed by atoms with Crippen molar-refractivity contribution in [1.29, 1.82) is 0 Å². The smallest absolute Gasteiger partial charge is 0.339 e. The summed E-state index contributed by atoms with van der Waals surface area (Å²) in [7, 11) is 0. The van der Waals surface area contributed by atoms with E-state index in [2.05, 4.69) is 26.8 Å². The van der Waals surface area contributed by atoms with Gasteiger partial charge in [-0.1, -0.05) is 44.6 Å². The molecule has 2 fully saturated rings. The van der Waals surface area contributed by atoms with Gasteiger partial charge in [-0.3, -0.25) is 0 Å². The highest BCUT2D eigenvalue weighted by atomic mass is 16.7. The highest BCUT2D eigenvalue weighted by molar-refractivity contribution is 6.08. The van der Waals surface area contributed by atoms with Crippen LogP contribution in [0.1, 0.15) is 94.1 Å². The number of rotatable bonds is 1. The Balaban J connectivity index is 1.56. The Labute approximate surface area is 230 Å². The summed E-state index contributed by atoms with van der Waals surface area (Å²) < 4.78 is 25.2. The van der Waals surface area contributed by atoms with Gasteiger partial charge in [0, 0.05) is 30.2 Å². The zero-order chi connectivity index (χ0) is 27.9. The van der Waals surface area contributed by atoms with Gasteiger partial charge in [-0.25, -0.2) is 4.79 Å². The van der Waals surface area contributed by atoms with E-state index < -0.39 is 17.9 Å². The summed E-state index contributed by atoms with van der Waals surface area (Å²) in [4.78, 5) is 13.7. The van der Waals surface area contributed by atoms with Crippen LogP contribution in [0.4, 0.5) is 0 Å². The molecule has 39 heavy (non-hydrogen) atoms. The fourth-order valence-electron chi connectivity index (χ4n) is 6.46. The van der Waals surface area contributed by atoms with Crippen LogP contribution in [0.2, 0.25) is 0 Å². The first-order valence-corrected chi connectivity index (χ1v) is 14.4. The van der Waals surface area contributed by atoms with E-state index in [-0.39, 0.29) is 35.6 Å². The van der Waals surface area contributed by atoms with Gasteiger partial charge in [-0.05, 0) is 63.0 Å². The molecular weight excluding hydrogens is 496 g/mol. The molecule has 1 aromatic carbocycles. The van der Waals surface area contributed by atoms with E-state index in [0.29, 0.717) is 47.3 Å². The molecule has 212 valence electrons. The monoisotopic (exact) mass is 538 g/mol. The molecule has 2 bridgehead atoms. The lowest BCUT2D eigenvalue weighted by Crippen LogP contribution is -2.54. The minimum absolute atomic E-state index is 0.00861. The zero-order valence-electron chi connectivity index (χ0n) is 23.7. The number of aliphatic hydroxyl groups is 1. The summed E-state index contributed by atoms with van der Waals surface area (Å²) in [6, 6.07) is 1.65. The molecule has 7 nitrogen and oxygen atoms in total. The molecule has 1 aromatic heterocycles. The van der Waals surface area contributed by atoms with Gasteiger partial charge in [0.25, 0.3) is 0 Å². The van der Waals surface area contributed by atoms with Crippen molar-refractivity contribution in [3.63, 3.8) is 0 Å². The van der Waals surface area contributed by atoms with Gasteiger partial charge in [-0.2, -0.15) is 0 Å². The number of allylic oxidation sites excluding steroid dienone is 1. The van der Waals surface area contributed by atoms with Crippen molar-refractivity contribution in [2.75, 3.05) is 0 Å². The number of carbonyl (C=O) groups is 1. The van der Waals surface area contributed by atoms with Crippen LogP contribution >= 0.6 is 0 Å². The second-order valence-electron chi connectivity index (χ2n) is 12.0. The van der Waals surface area contributed by atoms with Crippen molar-refractivity contribution in [2.45, 2.75) is 110 Å². The molecule has 0 unspecified atom stereocenters. The van der Waals surface area contributed by atoms with Crippen LogP contribution in [0.25, 0.3) is 17.0 Å². The van der Waals surface area contributed by atoms with Crippen LogP contribution in [-0.2, 0) is 14.2 Å². The minimum Gasteiger partial charge on any atom is -0.504 e. The van der Waals surface area contributed by atoms with Crippen molar-refractivity contribution in [2.24, 2.45) is 11.8 Å². The number of benzene rings is 1. The fourth-order valence-corrected chi connectivity index (χ4v) is 6.46. The minimum atomic E-state index is -0.776. The number of furan rings is 1. The van der Waals surface area contributed by atoms with Gasteiger partial charge in [0.15, 0.2) is 17.1 Å². The number of phenolic OH excluding ortho intramolecular Hbond substituents is 1. The van der Waals surface area contributed by atoms with Crippen molar-refractivity contribution in [3.8, 4) is 5.75 Å². The van der Waals surface area contributed by atoms with E-state index in [4.69, 9.17) is 18.6 Å². The molecular formula is C32H42O7. The Morgan fingerprint density at radius 2 is 1.92 bits per heavy atom. The Morgan fingerprint density at radius 3 is 2.69 bits per heavy atom. The summed E-state index contributed by atoms with van der Waals surface area (Å²) in [6.07, 6.45) is 11.2. The number of hydrogen-bond donors (Lipinski definition) is 2. The van der Waals surface area contributed by atoms with Crippen LogP contribution < -0.4 is 0 Å². The second kappa shape index (κ2) is 11.1. The van der Waals surface area contributed by atoms with E-state index in [0.717, 1.165) is 25.7 Å². The topological polar surface area (TPSA) is 98.4 Å². The average molecular weight is 539 g/mol. The first kappa shape index (κ1) is 27.9. The maximum absolute atomic E-state index is 13.7. The lowest BCUT2D eigenvalue weighted by atomic mass is 9.85. The highest BCUT2D eigenvalue weighted by Crippen LogP contribution is 2.44. The van der Waals surface area contributed by atoms with Gasteiger partial charge >= 0.3 is 5.97 Å². The van der Waals surface area contributed by atoms with Gasteiger partial charge in [-0.15, -0.1) is 0 Å². The number of aromatic hydroxyl groups is 1. The zero-order valence-corrected chi connectivity index (χ0v) is 23.7. The molecule has 0 amide bonds. The maximum Gasteiger partial charge on any atom is 0.339 e. The Morgan fingerprint density at radius 1 is 1.13 bits per heavy atom. The number of phenols is 1. The predicted molar refractivity (Wildman–Crippen MR) is 149 cm³/mol. The quantitative estimate of drug-likeness (QED) is 0.304. The van der Waals surface area contributed by atoms with Gasteiger partial charge < -0.3 is 28.8 Å². The van der Waals surface area contributed by atoms with Crippen LogP contribution in [0.3, 0.4) is 0 Å². The highest BCUT2D eigenvalue weighted by Gasteiger charge is 2.48.